The number of hydrogen-bond acceptors (Lipinski definition) is 6. The van der Waals surface area contributed by atoms with E-state index in [1.54, 1.807) is 11.8 Å². The molecule has 96 valence electrons. The molecular formula is C11H13N3O2S2. The fourth-order valence-corrected chi connectivity index (χ4v) is 2.98. The molecular weight excluding hydrogens is 270 g/mol. The van der Waals surface area contributed by atoms with Gasteiger partial charge in [-0.05, 0) is 6.92 Å². The Balaban J connectivity index is 1.79. The first-order chi connectivity index (χ1) is 8.63. The molecule has 0 aliphatic carbocycles. The van der Waals surface area contributed by atoms with Crippen molar-refractivity contribution in [1.29, 1.82) is 0 Å². The Morgan fingerprint density at radius 3 is 3.06 bits per heavy atom. The minimum absolute atomic E-state index is 0.0966. The Morgan fingerprint density at radius 2 is 2.39 bits per heavy atom. The largest absolute Gasteiger partial charge is 0.360 e. The lowest BCUT2D eigenvalue weighted by molar-refractivity contribution is -0.114. The van der Waals surface area contributed by atoms with Crippen LogP contribution in [0.15, 0.2) is 16.0 Å². The van der Waals surface area contributed by atoms with Crippen LogP contribution < -0.4 is 5.32 Å². The van der Waals surface area contributed by atoms with Crippen LogP contribution in [0.5, 0.6) is 0 Å². The first kappa shape index (κ1) is 13.1. The molecule has 0 spiro atoms. The summed E-state index contributed by atoms with van der Waals surface area (Å²) in [7, 11) is 0. The number of amides is 1. The molecule has 0 aromatic carbocycles. The number of nitrogens with zero attached hydrogens (tertiary/aromatic N) is 2. The quantitative estimate of drug-likeness (QED) is 0.914. The maximum Gasteiger partial charge on any atom is 0.223 e. The van der Waals surface area contributed by atoms with Crippen molar-refractivity contribution in [2.45, 2.75) is 25.4 Å². The highest BCUT2D eigenvalue weighted by Gasteiger charge is 2.05. The van der Waals surface area contributed by atoms with Crippen molar-refractivity contribution < 1.29 is 9.32 Å². The predicted octanol–water partition coefficient (Wildman–Crippen LogP) is 2.83. The summed E-state index contributed by atoms with van der Waals surface area (Å²) in [6, 6.07) is 1.93. The van der Waals surface area contributed by atoms with Crippen molar-refractivity contribution in [2.75, 3.05) is 5.32 Å². The molecule has 0 atom stereocenters. The van der Waals surface area contributed by atoms with Gasteiger partial charge in [0.2, 0.25) is 5.91 Å². The summed E-state index contributed by atoms with van der Waals surface area (Å²) in [6.07, 6.45) is 0. The van der Waals surface area contributed by atoms with Crippen molar-refractivity contribution >= 4 is 34.1 Å². The van der Waals surface area contributed by atoms with Gasteiger partial charge in [-0.2, -0.15) is 0 Å². The summed E-state index contributed by atoms with van der Waals surface area (Å²) >= 11 is 3.14. The summed E-state index contributed by atoms with van der Waals surface area (Å²) in [5.41, 5.74) is 1.86. The van der Waals surface area contributed by atoms with E-state index in [2.05, 4.69) is 15.5 Å². The van der Waals surface area contributed by atoms with Gasteiger partial charge in [0.05, 0.1) is 17.1 Å². The summed E-state index contributed by atoms with van der Waals surface area (Å²) in [4.78, 5) is 15.2. The lowest BCUT2D eigenvalue weighted by atomic mass is 10.4. The Hall–Kier alpha value is -1.34. The minimum atomic E-state index is -0.0966. The van der Waals surface area contributed by atoms with Crippen molar-refractivity contribution in [1.82, 2.24) is 10.1 Å². The molecule has 2 aromatic heterocycles. The Kier molecular flexibility index (Phi) is 4.38. The van der Waals surface area contributed by atoms with E-state index in [-0.39, 0.29) is 5.91 Å². The second kappa shape index (κ2) is 6.01. The third kappa shape index (κ3) is 3.85. The zero-order chi connectivity index (χ0) is 13.0. The van der Waals surface area contributed by atoms with E-state index in [9.17, 15) is 4.79 Å². The highest BCUT2D eigenvalue weighted by atomic mass is 32.2. The van der Waals surface area contributed by atoms with Crippen LogP contribution in [-0.2, 0) is 16.3 Å². The molecule has 18 heavy (non-hydrogen) atoms. The van der Waals surface area contributed by atoms with Gasteiger partial charge in [0.15, 0.2) is 5.13 Å². The number of thiazole rings is 1. The molecule has 0 aliphatic rings. The maximum absolute atomic E-state index is 10.9. The van der Waals surface area contributed by atoms with Crippen molar-refractivity contribution in [3.63, 3.8) is 0 Å². The smallest absolute Gasteiger partial charge is 0.223 e. The summed E-state index contributed by atoms with van der Waals surface area (Å²) in [5, 5.41) is 9.09. The first-order valence-electron chi connectivity index (χ1n) is 5.35. The van der Waals surface area contributed by atoms with Gasteiger partial charge < -0.3 is 9.84 Å². The molecule has 7 heteroatoms. The summed E-state index contributed by atoms with van der Waals surface area (Å²) < 4.78 is 5.11. The van der Waals surface area contributed by atoms with Crippen LogP contribution in [0.3, 0.4) is 0 Å². The summed E-state index contributed by atoms with van der Waals surface area (Å²) in [5.74, 6) is 2.33. The van der Waals surface area contributed by atoms with Crippen LogP contribution in [0, 0.1) is 6.92 Å². The topological polar surface area (TPSA) is 68.0 Å². The standard InChI is InChI=1S/C11H13N3O2S2/c1-7-3-10(16-14-7)6-17-4-9-5-18-11(13-9)12-8(2)15/h3,5H,4,6H2,1-2H3,(H,12,13,15). The van der Waals surface area contributed by atoms with E-state index >= 15 is 0 Å². The molecule has 0 fully saturated rings. The second-order valence-corrected chi connectivity index (χ2v) is 5.60. The molecule has 2 aromatic rings. The van der Waals surface area contributed by atoms with Crippen LogP contribution in [0.4, 0.5) is 5.13 Å². The van der Waals surface area contributed by atoms with E-state index in [0.29, 0.717) is 5.13 Å². The zero-order valence-electron chi connectivity index (χ0n) is 10.1. The van der Waals surface area contributed by atoms with Crippen LogP contribution in [0.2, 0.25) is 0 Å². The number of thioether (sulfide) groups is 1. The van der Waals surface area contributed by atoms with Crippen molar-refractivity contribution in [3.8, 4) is 0 Å². The molecule has 2 heterocycles. The number of nitrogens with one attached hydrogen (secondary N) is 1. The Bertz CT molecular complexity index is 536. The predicted molar refractivity (Wildman–Crippen MR) is 72.7 cm³/mol. The Morgan fingerprint density at radius 1 is 1.56 bits per heavy atom. The minimum Gasteiger partial charge on any atom is -0.360 e. The average molecular weight is 283 g/mol. The van der Waals surface area contributed by atoms with E-state index in [0.717, 1.165) is 28.7 Å². The number of aryl methyl sites for hydroxylation is 1. The van der Waals surface area contributed by atoms with Gasteiger partial charge in [-0.25, -0.2) is 4.98 Å². The number of carbonyl (C=O) groups excluding carboxylic acids is 1. The van der Waals surface area contributed by atoms with Gasteiger partial charge in [0.25, 0.3) is 0 Å². The van der Waals surface area contributed by atoms with Gasteiger partial charge >= 0.3 is 0 Å². The number of rotatable bonds is 5. The molecule has 0 saturated heterocycles. The van der Waals surface area contributed by atoms with Gasteiger partial charge in [-0.15, -0.1) is 23.1 Å². The summed E-state index contributed by atoms with van der Waals surface area (Å²) in [6.45, 7) is 3.37. The first-order valence-corrected chi connectivity index (χ1v) is 7.39. The number of hydrogen-bond donors (Lipinski definition) is 1. The number of carbonyl (C=O) groups is 1. The van der Waals surface area contributed by atoms with Crippen LogP contribution in [0.25, 0.3) is 0 Å². The molecule has 2 rings (SSSR count). The number of aromatic nitrogens is 2. The second-order valence-electron chi connectivity index (χ2n) is 3.75. The zero-order valence-corrected chi connectivity index (χ0v) is 11.7. The third-order valence-corrected chi connectivity index (χ3v) is 3.80. The van der Waals surface area contributed by atoms with E-state index in [1.165, 1.54) is 18.3 Å². The van der Waals surface area contributed by atoms with Crippen LogP contribution >= 0.6 is 23.1 Å². The normalized spacial score (nSPS) is 10.6. The lowest BCUT2D eigenvalue weighted by Gasteiger charge is -1.95. The molecule has 0 bridgehead atoms. The van der Waals surface area contributed by atoms with Crippen molar-refractivity contribution in [3.05, 3.63) is 28.6 Å². The maximum atomic E-state index is 10.9. The molecule has 5 nitrogen and oxygen atoms in total. The SMILES string of the molecule is CC(=O)Nc1nc(CSCc2cc(C)no2)cs1. The van der Waals surface area contributed by atoms with Crippen LogP contribution in [-0.4, -0.2) is 16.0 Å². The third-order valence-electron chi connectivity index (χ3n) is 2.01. The molecule has 1 N–H and O–H groups in total. The van der Waals surface area contributed by atoms with Gasteiger partial charge in [-0.3, -0.25) is 4.79 Å². The molecule has 1 amide bonds. The highest BCUT2D eigenvalue weighted by Crippen LogP contribution is 2.22. The fraction of sp³-hybridized carbons (Fsp3) is 0.364. The fourth-order valence-electron chi connectivity index (χ4n) is 1.32. The van der Waals surface area contributed by atoms with E-state index in [1.807, 2.05) is 18.4 Å². The van der Waals surface area contributed by atoms with Crippen molar-refractivity contribution in [2.24, 2.45) is 0 Å². The highest BCUT2D eigenvalue weighted by molar-refractivity contribution is 7.97. The monoisotopic (exact) mass is 283 g/mol. The molecule has 0 radical (unpaired) electrons. The van der Waals surface area contributed by atoms with Crippen LogP contribution in [0.1, 0.15) is 24.1 Å². The van der Waals surface area contributed by atoms with E-state index < -0.39 is 0 Å². The molecule has 0 saturated carbocycles. The van der Waals surface area contributed by atoms with Gasteiger partial charge in [0, 0.05) is 24.1 Å². The van der Waals surface area contributed by atoms with Gasteiger partial charge in [-0.1, -0.05) is 5.16 Å². The molecule has 0 unspecified atom stereocenters. The Labute approximate surface area is 113 Å². The number of anilines is 1. The van der Waals surface area contributed by atoms with E-state index in [4.69, 9.17) is 4.52 Å². The van der Waals surface area contributed by atoms with Gasteiger partial charge in [0.1, 0.15) is 5.76 Å². The average Bonchev–Trinajstić information content (AvgIpc) is 2.88. The molecule has 0 aliphatic heterocycles. The lowest BCUT2D eigenvalue weighted by Crippen LogP contribution is -2.05.